The molecule has 2 unspecified atom stereocenters. The first-order chi connectivity index (χ1) is 14.6. The molecule has 3 amide bonds. The molecule has 0 spiro atoms. The highest BCUT2D eigenvalue weighted by Gasteiger charge is 2.55. The van der Waals surface area contributed by atoms with E-state index >= 15 is 0 Å². The Morgan fingerprint density at radius 3 is 2.71 bits per heavy atom. The molecule has 31 heavy (non-hydrogen) atoms. The second kappa shape index (κ2) is 7.44. The van der Waals surface area contributed by atoms with Crippen molar-refractivity contribution >= 4 is 34.5 Å². The van der Waals surface area contributed by atoms with E-state index in [4.69, 9.17) is 0 Å². The number of aryl methyl sites for hydroxylation is 1. The molecule has 13 heteroatoms. The Morgan fingerprint density at radius 2 is 2.10 bits per heavy atom. The van der Waals surface area contributed by atoms with Crippen LogP contribution in [-0.4, -0.2) is 75.2 Å². The van der Waals surface area contributed by atoms with Gasteiger partial charge in [0, 0.05) is 39.1 Å². The third-order valence-electron chi connectivity index (χ3n) is 5.12. The second-order valence-corrected chi connectivity index (χ2v) is 8.35. The monoisotopic (exact) mass is 448 g/mol. The zero-order valence-electron chi connectivity index (χ0n) is 16.9. The average molecular weight is 448 g/mol. The summed E-state index contributed by atoms with van der Waals surface area (Å²) in [4.78, 5) is 32.4. The number of carbonyl (C=O) groups is 2. The number of hydrogen-bond donors (Lipinski definition) is 1. The first-order valence-electron chi connectivity index (χ1n) is 9.21. The summed E-state index contributed by atoms with van der Waals surface area (Å²) in [6.07, 6.45) is 6.74. The fraction of sp³-hybridized carbons (Fsp3) is 0.333. The third kappa shape index (κ3) is 3.66. The van der Waals surface area contributed by atoms with Crippen molar-refractivity contribution in [3.8, 4) is 0 Å². The van der Waals surface area contributed by atoms with Crippen LogP contribution in [0.4, 0.5) is 4.79 Å². The van der Waals surface area contributed by atoms with Gasteiger partial charge in [-0.15, -0.1) is 4.28 Å². The van der Waals surface area contributed by atoms with Gasteiger partial charge in [-0.3, -0.25) is 19.0 Å². The van der Waals surface area contributed by atoms with E-state index in [2.05, 4.69) is 14.4 Å². The smallest absolute Gasteiger partial charge is 0.347 e. The molecular formula is C18H20N6O6S. The fourth-order valence-corrected chi connectivity index (χ4v) is 4.23. The Balaban J connectivity index is 1.86. The van der Waals surface area contributed by atoms with E-state index in [1.54, 1.807) is 51.8 Å². The van der Waals surface area contributed by atoms with Crippen molar-refractivity contribution in [1.29, 1.82) is 0 Å². The lowest BCUT2D eigenvalue weighted by Gasteiger charge is -2.32. The zero-order chi connectivity index (χ0) is 22.5. The molecule has 4 rings (SSSR count). The molecule has 2 aliphatic heterocycles. The molecule has 0 radical (unpaired) electrons. The van der Waals surface area contributed by atoms with Gasteiger partial charge in [0.1, 0.15) is 6.04 Å². The second-order valence-electron chi connectivity index (χ2n) is 7.34. The minimum atomic E-state index is -4.97. The quantitative estimate of drug-likeness (QED) is 0.658. The number of pyridine rings is 1. The lowest BCUT2D eigenvalue weighted by atomic mass is 9.94. The van der Waals surface area contributed by atoms with E-state index in [1.807, 2.05) is 6.07 Å². The van der Waals surface area contributed by atoms with E-state index in [-0.39, 0.29) is 12.5 Å². The van der Waals surface area contributed by atoms with E-state index < -0.39 is 28.5 Å². The van der Waals surface area contributed by atoms with Crippen LogP contribution in [0.3, 0.4) is 0 Å². The molecule has 1 N–H and O–H groups in total. The number of amides is 3. The Hall–Kier alpha value is -3.29. The fourth-order valence-electron chi connectivity index (χ4n) is 3.86. The van der Waals surface area contributed by atoms with Crippen LogP contribution in [0.5, 0.6) is 0 Å². The summed E-state index contributed by atoms with van der Waals surface area (Å²) in [5.74, 6) is -0.382. The summed E-state index contributed by atoms with van der Waals surface area (Å²) in [6, 6.07) is 0.848. The number of urea groups is 1. The van der Waals surface area contributed by atoms with Crippen molar-refractivity contribution in [2.24, 2.45) is 7.05 Å². The van der Waals surface area contributed by atoms with Gasteiger partial charge < -0.3 is 9.80 Å². The third-order valence-corrected chi connectivity index (χ3v) is 5.47. The van der Waals surface area contributed by atoms with Gasteiger partial charge in [0.15, 0.2) is 6.04 Å². The summed E-state index contributed by atoms with van der Waals surface area (Å²) in [5, 5.41) is 5.05. The maximum atomic E-state index is 13.0. The molecule has 2 aromatic heterocycles. The Labute approximate surface area is 178 Å². The van der Waals surface area contributed by atoms with Gasteiger partial charge in [0.25, 0.3) is 5.91 Å². The summed E-state index contributed by atoms with van der Waals surface area (Å²) >= 11 is 0. The van der Waals surface area contributed by atoms with E-state index in [0.717, 1.165) is 5.56 Å². The molecule has 12 nitrogen and oxygen atoms in total. The standard InChI is InChI=1S/C18H20N6O6S/c1-21(2)17(25)16-15-14(13-10-23(16)18(26)24(13)30-31(27,28)29)12(20-22(15)3)7-6-11-5-4-8-19-9-11/h4-9,13,16H,10H2,1-3H3,(H,27,28,29)/b7-6-. The molecule has 2 aromatic rings. The van der Waals surface area contributed by atoms with Crippen LogP contribution >= 0.6 is 0 Å². The maximum absolute atomic E-state index is 13.0. The number of hydroxylamine groups is 2. The van der Waals surface area contributed by atoms with E-state index in [1.165, 1.54) is 14.5 Å². The van der Waals surface area contributed by atoms with Crippen LogP contribution in [0.2, 0.25) is 0 Å². The summed E-state index contributed by atoms with van der Waals surface area (Å²) in [5.41, 5.74) is 2.14. The van der Waals surface area contributed by atoms with Crippen LogP contribution in [0, 0.1) is 0 Å². The topological polar surface area (TPSA) is 138 Å². The Kier molecular flexibility index (Phi) is 5.03. The van der Waals surface area contributed by atoms with Gasteiger partial charge in [-0.05, 0) is 17.7 Å². The van der Waals surface area contributed by atoms with Gasteiger partial charge in [0.05, 0.1) is 17.9 Å². The predicted octanol–water partition coefficient (Wildman–Crippen LogP) is 0.642. The van der Waals surface area contributed by atoms with Crippen molar-refractivity contribution in [2.75, 3.05) is 20.6 Å². The number of aromatic nitrogens is 3. The number of likely N-dealkylation sites (N-methyl/N-ethyl adjacent to an activating group) is 1. The molecule has 0 aromatic carbocycles. The molecule has 2 bridgehead atoms. The Bertz CT molecular complexity index is 1180. The number of hydrogen-bond acceptors (Lipinski definition) is 7. The molecule has 0 saturated carbocycles. The number of carbonyl (C=O) groups excluding carboxylic acids is 2. The zero-order valence-corrected chi connectivity index (χ0v) is 17.7. The van der Waals surface area contributed by atoms with Gasteiger partial charge in [-0.1, -0.05) is 12.1 Å². The van der Waals surface area contributed by atoms with Crippen LogP contribution in [-0.2, 0) is 26.5 Å². The van der Waals surface area contributed by atoms with Crippen molar-refractivity contribution in [3.63, 3.8) is 0 Å². The van der Waals surface area contributed by atoms with Gasteiger partial charge in [0.2, 0.25) is 0 Å². The number of nitrogens with zero attached hydrogens (tertiary/aromatic N) is 6. The first kappa shape index (κ1) is 21.0. The van der Waals surface area contributed by atoms with Crippen LogP contribution in [0.25, 0.3) is 12.2 Å². The van der Waals surface area contributed by atoms with Crippen LogP contribution in [0.15, 0.2) is 24.5 Å². The highest BCUT2D eigenvalue weighted by molar-refractivity contribution is 7.80. The maximum Gasteiger partial charge on any atom is 0.418 e. The van der Waals surface area contributed by atoms with Crippen LogP contribution in [0.1, 0.15) is 34.6 Å². The lowest BCUT2D eigenvalue weighted by Crippen LogP contribution is -2.44. The highest BCUT2D eigenvalue weighted by Crippen LogP contribution is 2.46. The highest BCUT2D eigenvalue weighted by atomic mass is 32.3. The SMILES string of the molecule is CN(C)C(=O)C1c2c(c(/C=C\c3cccnc3)nn2C)C2CN1C(=O)N2OS(=O)(=O)O. The molecule has 1 fully saturated rings. The molecular weight excluding hydrogens is 428 g/mol. The number of fused-ring (bicyclic) bond motifs is 4. The summed E-state index contributed by atoms with van der Waals surface area (Å²) in [6.45, 7) is -0.00890. The predicted molar refractivity (Wildman–Crippen MR) is 107 cm³/mol. The lowest BCUT2D eigenvalue weighted by molar-refractivity contribution is -0.133. The molecule has 4 heterocycles. The first-order valence-corrected chi connectivity index (χ1v) is 10.6. The van der Waals surface area contributed by atoms with E-state index in [0.29, 0.717) is 22.0 Å². The molecule has 0 aliphatic carbocycles. The van der Waals surface area contributed by atoms with Gasteiger partial charge in [-0.2, -0.15) is 18.6 Å². The summed E-state index contributed by atoms with van der Waals surface area (Å²) < 4.78 is 38.0. The largest absolute Gasteiger partial charge is 0.418 e. The van der Waals surface area contributed by atoms with Gasteiger partial charge >= 0.3 is 16.4 Å². The van der Waals surface area contributed by atoms with Crippen molar-refractivity contribution in [1.82, 2.24) is 29.6 Å². The minimum absolute atomic E-state index is 0.00890. The molecule has 2 atom stereocenters. The van der Waals surface area contributed by atoms with Gasteiger partial charge in [-0.25, -0.2) is 4.79 Å². The average Bonchev–Trinajstić information content (AvgIpc) is 3.17. The minimum Gasteiger partial charge on any atom is -0.347 e. The van der Waals surface area contributed by atoms with Crippen molar-refractivity contribution < 1.29 is 26.8 Å². The summed E-state index contributed by atoms with van der Waals surface area (Å²) in [7, 11) is -0.216. The molecule has 2 aliphatic rings. The van der Waals surface area contributed by atoms with E-state index in [9.17, 15) is 22.6 Å². The van der Waals surface area contributed by atoms with Crippen LogP contribution < -0.4 is 0 Å². The Morgan fingerprint density at radius 1 is 1.35 bits per heavy atom. The number of rotatable bonds is 5. The molecule has 1 saturated heterocycles. The molecule has 164 valence electrons. The van der Waals surface area contributed by atoms with Crippen molar-refractivity contribution in [3.05, 3.63) is 47.0 Å². The normalized spacial score (nSPS) is 20.5. The van der Waals surface area contributed by atoms with Crippen molar-refractivity contribution in [2.45, 2.75) is 12.1 Å².